The van der Waals surface area contributed by atoms with Crippen molar-refractivity contribution in [3.63, 3.8) is 0 Å². The zero-order valence-electron chi connectivity index (χ0n) is 13.5. The third-order valence-corrected chi connectivity index (χ3v) is 3.83. The Kier molecular flexibility index (Phi) is 5.92. The normalized spacial score (nSPS) is 11.0. The lowest BCUT2D eigenvalue weighted by molar-refractivity contribution is 0.0694. The lowest BCUT2D eigenvalue weighted by atomic mass is 10.1. The highest BCUT2D eigenvalue weighted by Crippen LogP contribution is 2.22. The molecule has 0 amide bonds. The van der Waals surface area contributed by atoms with Gasteiger partial charge in [-0.2, -0.15) is 0 Å². The van der Waals surface area contributed by atoms with E-state index in [-0.39, 0.29) is 29.8 Å². The third-order valence-electron chi connectivity index (χ3n) is 3.83. The molecule has 0 saturated carbocycles. The minimum Gasteiger partial charge on any atom is -0.477 e. The van der Waals surface area contributed by atoms with Crippen LogP contribution in [0.15, 0.2) is 23.1 Å². The van der Waals surface area contributed by atoms with Crippen LogP contribution in [0.25, 0.3) is 10.9 Å². The summed E-state index contributed by atoms with van der Waals surface area (Å²) in [4.78, 5) is 23.6. The van der Waals surface area contributed by atoms with E-state index < -0.39 is 17.2 Å². The summed E-state index contributed by atoms with van der Waals surface area (Å²) in [7, 11) is 0. The summed E-state index contributed by atoms with van der Waals surface area (Å²) in [6, 6.07) is 2.54. The molecule has 0 aliphatic heterocycles. The Balaban J connectivity index is 2.63. The lowest BCUT2D eigenvalue weighted by Crippen LogP contribution is -2.19. The average Bonchev–Trinajstić information content (AvgIpc) is 2.55. The highest BCUT2D eigenvalue weighted by molar-refractivity contribution is 5.93. The van der Waals surface area contributed by atoms with Crippen LogP contribution in [0.3, 0.4) is 0 Å². The number of carboxylic acid groups (broad SMARTS) is 1. The number of anilines is 1. The molecule has 0 saturated heterocycles. The number of pyridine rings is 1. The summed E-state index contributed by atoms with van der Waals surface area (Å²) in [6.45, 7) is 2.61. The average molecular weight is 336 g/mol. The van der Waals surface area contributed by atoms with Gasteiger partial charge in [0.15, 0.2) is 0 Å². The fourth-order valence-corrected chi connectivity index (χ4v) is 2.61. The van der Waals surface area contributed by atoms with Gasteiger partial charge in [-0.3, -0.25) is 4.79 Å². The third kappa shape index (κ3) is 3.73. The number of hydrogen-bond donors (Lipinski definition) is 3. The van der Waals surface area contributed by atoms with Gasteiger partial charge in [0.1, 0.15) is 11.4 Å². The van der Waals surface area contributed by atoms with Gasteiger partial charge in [0.25, 0.3) is 0 Å². The summed E-state index contributed by atoms with van der Waals surface area (Å²) in [5.41, 5.74) is -0.419. The molecule has 1 heterocycles. The second kappa shape index (κ2) is 7.92. The van der Waals surface area contributed by atoms with E-state index in [2.05, 4.69) is 12.2 Å². The minimum atomic E-state index is -1.32. The van der Waals surface area contributed by atoms with Gasteiger partial charge in [0.2, 0.25) is 5.43 Å². The Morgan fingerprint density at radius 3 is 2.71 bits per heavy atom. The lowest BCUT2D eigenvalue weighted by Gasteiger charge is -2.14. The molecule has 6 nitrogen and oxygen atoms in total. The topological polar surface area (TPSA) is 91.6 Å². The molecular weight excluding hydrogens is 315 g/mol. The Morgan fingerprint density at radius 1 is 1.33 bits per heavy atom. The predicted octanol–water partition coefficient (Wildman–Crippen LogP) is 2.43. The van der Waals surface area contributed by atoms with Crippen molar-refractivity contribution >= 4 is 22.6 Å². The standard InChI is InChI=1S/C17H21FN2O4/c1-2-3-4-6-20-10-12(17(23)24)16(22)11-8-13(18)14(9-15(11)20)19-5-7-21/h8-10,19,21H,2-7H2,1H3,(H,23,24). The van der Waals surface area contributed by atoms with Crippen molar-refractivity contribution in [3.8, 4) is 0 Å². The zero-order valence-corrected chi connectivity index (χ0v) is 13.5. The maximum absolute atomic E-state index is 14.2. The molecule has 2 aromatic rings. The number of nitrogens with one attached hydrogen (secondary N) is 1. The van der Waals surface area contributed by atoms with Gasteiger partial charge in [-0.15, -0.1) is 0 Å². The number of benzene rings is 1. The number of aliphatic hydroxyl groups excluding tert-OH is 1. The van der Waals surface area contributed by atoms with Crippen molar-refractivity contribution in [2.45, 2.75) is 32.7 Å². The molecule has 0 bridgehead atoms. The number of unbranched alkanes of at least 4 members (excludes halogenated alkanes) is 2. The first-order chi connectivity index (χ1) is 11.5. The van der Waals surface area contributed by atoms with Crippen LogP contribution in [-0.4, -0.2) is 33.9 Å². The fourth-order valence-electron chi connectivity index (χ4n) is 2.61. The largest absolute Gasteiger partial charge is 0.477 e. The summed E-state index contributed by atoms with van der Waals surface area (Å²) >= 11 is 0. The van der Waals surface area contributed by atoms with E-state index in [4.69, 9.17) is 5.11 Å². The van der Waals surface area contributed by atoms with E-state index >= 15 is 0 Å². The molecule has 3 N–H and O–H groups in total. The molecule has 0 fully saturated rings. The molecule has 0 unspecified atom stereocenters. The van der Waals surface area contributed by atoms with Gasteiger partial charge in [-0.25, -0.2) is 9.18 Å². The molecule has 1 aromatic carbocycles. The van der Waals surface area contributed by atoms with Crippen LogP contribution in [0.5, 0.6) is 0 Å². The van der Waals surface area contributed by atoms with Crippen LogP contribution < -0.4 is 10.7 Å². The zero-order chi connectivity index (χ0) is 17.7. The first kappa shape index (κ1) is 17.9. The van der Waals surface area contributed by atoms with E-state index in [9.17, 15) is 19.1 Å². The van der Waals surface area contributed by atoms with Gasteiger partial charge in [0.05, 0.1) is 17.8 Å². The second-order valence-corrected chi connectivity index (χ2v) is 5.58. The number of aliphatic hydroxyl groups is 1. The molecule has 2 rings (SSSR count). The van der Waals surface area contributed by atoms with Gasteiger partial charge >= 0.3 is 5.97 Å². The Hall–Kier alpha value is -2.41. The van der Waals surface area contributed by atoms with Crippen LogP contribution in [0.2, 0.25) is 0 Å². The maximum atomic E-state index is 14.2. The molecule has 0 aliphatic carbocycles. The van der Waals surface area contributed by atoms with Crippen LogP contribution in [-0.2, 0) is 6.54 Å². The number of aryl methyl sites for hydroxylation is 1. The van der Waals surface area contributed by atoms with Crippen molar-refractivity contribution in [1.29, 1.82) is 0 Å². The SMILES string of the molecule is CCCCCn1cc(C(=O)O)c(=O)c2cc(F)c(NCCO)cc21. The smallest absolute Gasteiger partial charge is 0.341 e. The molecule has 0 radical (unpaired) electrons. The maximum Gasteiger partial charge on any atom is 0.341 e. The van der Waals surface area contributed by atoms with Crippen molar-refractivity contribution in [2.75, 3.05) is 18.5 Å². The number of hydrogen-bond acceptors (Lipinski definition) is 4. The Morgan fingerprint density at radius 2 is 2.08 bits per heavy atom. The van der Waals surface area contributed by atoms with Gasteiger partial charge in [-0.1, -0.05) is 19.8 Å². The van der Waals surface area contributed by atoms with Crippen molar-refractivity contribution in [1.82, 2.24) is 4.57 Å². The molecule has 0 atom stereocenters. The quantitative estimate of drug-likeness (QED) is 0.644. The number of nitrogens with zero attached hydrogens (tertiary/aromatic N) is 1. The molecule has 0 spiro atoms. The van der Waals surface area contributed by atoms with Gasteiger partial charge < -0.3 is 20.1 Å². The Bertz CT molecular complexity index is 801. The van der Waals surface area contributed by atoms with E-state index in [1.54, 1.807) is 4.57 Å². The number of halogens is 1. The van der Waals surface area contributed by atoms with Gasteiger partial charge in [0, 0.05) is 24.7 Å². The summed E-state index contributed by atoms with van der Waals surface area (Å²) in [6.07, 6.45) is 4.11. The Labute approximate surface area is 138 Å². The van der Waals surface area contributed by atoms with Crippen molar-refractivity contribution in [3.05, 3.63) is 39.9 Å². The van der Waals surface area contributed by atoms with Gasteiger partial charge in [-0.05, 0) is 18.6 Å². The van der Waals surface area contributed by atoms with Crippen LogP contribution in [0, 0.1) is 5.82 Å². The monoisotopic (exact) mass is 336 g/mol. The first-order valence-electron chi connectivity index (χ1n) is 7.94. The van der Waals surface area contributed by atoms with E-state index in [0.29, 0.717) is 12.1 Å². The molecule has 24 heavy (non-hydrogen) atoms. The molecule has 7 heteroatoms. The van der Waals surface area contributed by atoms with Crippen LogP contribution in [0.4, 0.5) is 10.1 Å². The second-order valence-electron chi connectivity index (χ2n) is 5.58. The van der Waals surface area contributed by atoms with E-state index in [0.717, 1.165) is 25.3 Å². The number of carbonyl (C=O) groups is 1. The number of fused-ring (bicyclic) bond motifs is 1. The van der Waals surface area contributed by atoms with Crippen LogP contribution >= 0.6 is 0 Å². The molecule has 1 aromatic heterocycles. The van der Waals surface area contributed by atoms with Crippen molar-refractivity contribution in [2.24, 2.45) is 0 Å². The predicted molar refractivity (Wildman–Crippen MR) is 90.2 cm³/mol. The summed E-state index contributed by atoms with van der Waals surface area (Å²) in [5.74, 6) is -1.98. The number of carboxylic acids is 1. The summed E-state index contributed by atoms with van der Waals surface area (Å²) in [5, 5.41) is 20.9. The molecule has 130 valence electrons. The number of aromatic nitrogens is 1. The molecular formula is C17H21FN2O4. The highest BCUT2D eigenvalue weighted by Gasteiger charge is 2.16. The number of aromatic carboxylic acids is 1. The fraction of sp³-hybridized carbons (Fsp3) is 0.412. The van der Waals surface area contributed by atoms with Crippen molar-refractivity contribution < 1.29 is 19.4 Å². The number of rotatable bonds is 8. The molecule has 0 aliphatic rings. The highest BCUT2D eigenvalue weighted by atomic mass is 19.1. The van der Waals surface area contributed by atoms with E-state index in [1.165, 1.54) is 12.3 Å². The minimum absolute atomic E-state index is 0.0402. The first-order valence-corrected chi connectivity index (χ1v) is 7.94. The van der Waals surface area contributed by atoms with E-state index in [1.807, 2.05) is 0 Å². The van der Waals surface area contributed by atoms with Crippen LogP contribution in [0.1, 0.15) is 36.5 Å². The summed E-state index contributed by atoms with van der Waals surface area (Å²) < 4.78 is 15.8.